The van der Waals surface area contributed by atoms with Gasteiger partial charge in [-0.25, -0.2) is 0 Å². The molecule has 7 heteroatoms. The summed E-state index contributed by atoms with van der Waals surface area (Å²) in [7, 11) is 2.20. The van der Waals surface area contributed by atoms with E-state index in [1.165, 1.54) is 19.5 Å². The molecule has 1 N–H and O–H groups in total. The number of hydrogen-bond donors (Lipinski definition) is 1. The number of nitrogens with one attached hydrogen (secondary N) is 1. The van der Waals surface area contributed by atoms with Crippen LogP contribution in [0.15, 0.2) is 30.3 Å². The number of hydrogen-bond acceptors (Lipinski definition) is 5. The lowest BCUT2D eigenvalue weighted by molar-refractivity contribution is 0.349. The smallest absolute Gasteiger partial charge is 0.151 e. The van der Waals surface area contributed by atoms with E-state index in [1.807, 2.05) is 24.3 Å². The van der Waals surface area contributed by atoms with Gasteiger partial charge in [-0.1, -0.05) is 29.3 Å². The number of rotatable bonds is 4. The van der Waals surface area contributed by atoms with Crippen molar-refractivity contribution in [1.29, 1.82) is 0 Å². The molecular formula is C20H25Cl2N5. The Balaban J connectivity index is 1.34. The SMILES string of the molecule is CN1CCC(NC2CCN(c3ccc(-c4ccc(Cl)c(Cl)c4)nn3)CC2)C1. The van der Waals surface area contributed by atoms with Crippen molar-refractivity contribution in [2.75, 3.05) is 38.1 Å². The van der Waals surface area contributed by atoms with Gasteiger partial charge in [-0.3, -0.25) is 0 Å². The molecule has 0 amide bonds. The van der Waals surface area contributed by atoms with Gasteiger partial charge in [0.1, 0.15) is 0 Å². The van der Waals surface area contributed by atoms with Gasteiger partial charge in [0, 0.05) is 37.3 Å². The predicted octanol–water partition coefficient (Wildman–Crippen LogP) is 3.71. The average molecular weight is 406 g/mol. The van der Waals surface area contributed by atoms with Crippen LogP contribution >= 0.6 is 23.2 Å². The van der Waals surface area contributed by atoms with Gasteiger partial charge in [0.2, 0.25) is 0 Å². The van der Waals surface area contributed by atoms with Gasteiger partial charge in [-0.15, -0.1) is 10.2 Å². The van der Waals surface area contributed by atoms with E-state index in [9.17, 15) is 0 Å². The van der Waals surface area contributed by atoms with Gasteiger partial charge in [0.25, 0.3) is 0 Å². The Morgan fingerprint density at radius 3 is 2.33 bits per heavy atom. The minimum absolute atomic E-state index is 0.531. The second-order valence-electron chi connectivity index (χ2n) is 7.58. The molecule has 0 saturated carbocycles. The van der Waals surface area contributed by atoms with Crippen LogP contribution in [0.25, 0.3) is 11.3 Å². The lowest BCUT2D eigenvalue weighted by Crippen LogP contribution is -2.47. The van der Waals surface area contributed by atoms with Gasteiger partial charge in [-0.05, 0) is 57.1 Å². The van der Waals surface area contributed by atoms with Crippen molar-refractivity contribution in [2.45, 2.75) is 31.3 Å². The standard InChI is InChI=1S/C20H25Cl2N5/c1-26-9-6-16(13-26)23-15-7-10-27(11-8-15)20-5-4-19(24-25-20)14-2-3-17(21)18(22)12-14/h2-5,12,15-16,23H,6-11,13H2,1H3. The Morgan fingerprint density at radius 1 is 0.926 bits per heavy atom. The molecule has 2 aliphatic heterocycles. The second-order valence-corrected chi connectivity index (χ2v) is 8.40. The molecule has 144 valence electrons. The first-order valence-electron chi connectivity index (χ1n) is 9.57. The molecule has 2 saturated heterocycles. The van der Waals surface area contributed by atoms with Crippen LogP contribution in [0.5, 0.6) is 0 Å². The highest BCUT2D eigenvalue weighted by atomic mass is 35.5. The Hall–Kier alpha value is -1.40. The lowest BCUT2D eigenvalue weighted by Gasteiger charge is -2.34. The molecule has 4 rings (SSSR count). The highest BCUT2D eigenvalue weighted by molar-refractivity contribution is 6.42. The highest BCUT2D eigenvalue weighted by Gasteiger charge is 2.25. The van der Waals surface area contributed by atoms with Crippen molar-refractivity contribution >= 4 is 29.0 Å². The molecule has 27 heavy (non-hydrogen) atoms. The van der Waals surface area contributed by atoms with E-state index in [4.69, 9.17) is 23.2 Å². The zero-order valence-corrected chi connectivity index (χ0v) is 17.0. The molecule has 0 spiro atoms. The third-order valence-corrected chi connectivity index (χ3v) is 6.29. The maximum atomic E-state index is 6.10. The summed E-state index contributed by atoms with van der Waals surface area (Å²) in [6.07, 6.45) is 3.56. The predicted molar refractivity (Wildman–Crippen MR) is 112 cm³/mol. The van der Waals surface area contributed by atoms with E-state index in [1.54, 1.807) is 6.07 Å². The first-order chi connectivity index (χ1) is 13.1. The molecule has 2 aromatic rings. The monoisotopic (exact) mass is 405 g/mol. The number of likely N-dealkylation sites (tertiary alicyclic amines) is 1. The molecule has 0 aliphatic carbocycles. The van der Waals surface area contributed by atoms with E-state index in [0.717, 1.165) is 43.0 Å². The molecule has 5 nitrogen and oxygen atoms in total. The van der Waals surface area contributed by atoms with Crippen molar-refractivity contribution in [3.63, 3.8) is 0 Å². The molecule has 3 heterocycles. The Labute approximate surface area is 170 Å². The maximum absolute atomic E-state index is 6.10. The van der Waals surface area contributed by atoms with Gasteiger partial charge in [0.05, 0.1) is 15.7 Å². The normalized spacial score (nSPS) is 21.7. The van der Waals surface area contributed by atoms with E-state index in [2.05, 4.69) is 32.4 Å². The number of piperidine rings is 1. The quantitative estimate of drug-likeness (QED) is 0.839. The van der Waals surface area contributed by atoms with Crippen LogP contribution < -0.4 is 10.2 Å². The Morgan fingerprint density at radius 2 is 1.70 bits per heavy atom. The van der Waals surface area contributed by atoms with E-state index >= 15 is 0 Å². The maximum Gasteiger partial charge on any atom is 0.151 e. The number of halogens is 2. The lowest BCUT2D eigenvalue weighted by atomic mass is 10.0. The van der Waals surface area contributed by atoms with Crippen molar-refractivity contribution in [2.24, 2.45) is 0 Å². The number of aromatic nitrogens is 2. The van der Waals surface area contributed by atoms with Crippen molar-refractivity contribution in [3.05, 3.63) is 40.4 Å². The van der Waals surface area contributed by atoms with Crippen LogP contribution in [0.1, 0.15) is 19.3 Å². The molecule has 2 aliphatic rings. The van der Waals surface area contributed by atoms with Crippen molar-refractivity contribution in [3.8, 4) is 11.3 Å². The fourth-order valence-electron chi connectivity index (χ4n) is 3.98. The van der Waals surface area contributed by atoms with Crippen LogP contribution in [0.2, 0.25) is 10.0 Å². The summed E-state index contributed by atoms with van der Waals surface area (Å²) in [4.78, 5) is 4.72. The molecule has 1 atom stereocenters. The topological polar surface area (TPSA) is 44.3 Å². The van der Waals surface area contributed by atoms with Crippen LogP contribution in [0, 0.1) is 0 Å². The number of benzene rings is 1. The first-order valence-corrected chi connectivity index (χ1v) is 10.3. The summed E-state index contributed by atoms with van der Waals surface area (Å²) in [5, 5.41) is 13.7. The van der Waals surface area contributed by atoms with Gasteiger partial charge < -0.3 is 15.1 Å². The van der Waals surface area contributed by atoms with Crippen molar-refractivity contribution < 1.29 is 0 Å². The summed E-state index contributed by atoms with van der Waals surface area (Å²) < 4.78 is 0. The number of likely N-dealkylation sites (N-methyl/N-ethyl adjacent to an activating group) is 1. The van der Waals surface area contributed by atoms with Crippen LogP contribution in [0.4, 0.5) is 5.82 Å². The zero-order chi connectivity index (χ0) is 18.8. The van der Waals surface area contributed by atoms with Crippen molar-refractivity contribution in [1.82, 2.24) is 20.4 Å². The summed E-state index contributed by atoms with van der Waals surface area (Å²) in [5.74, 6) is 0.942. The minimum atomic E-state index is 0.531. The molecular weight excluding hydrogens is 381 g/mol. The van der Waals surface area contributed by atoms with E-state index in [0.29, 0.717) is 22.1 Å². The third-order valence-electron chi connectivity index (χ3n) is 5.55. The molecule has 0 bridgehead atoms. The van der Waals surface area contributed by atoms with Gasteiger partial charge in [0.15, 0.2) is 5.82 Å². The molecule has 1 unspecified atom stereocenters. The fourth-order valence-corrected chi connectivity index (χ4v) is 4.28. The molecule has 1 aromatic heterocycles. The average Bonchev–Trinajstić information content (AvgIpc) is 3.09. The summed E-state index contributed by atoms with van der Waals surface area (Å²) in [6.45, 7) is 4.40. The Kier molecular flexibility index (Phi) is 5.83. The number of anilines is 1. The molecule has 0 radical (unpaired) electrons. The van der Waals surface area contributed by atoms with Gasteiger partial charge in [-0.2, -0.15) is 0 Å². The first kappa shape index (κ1) is 18.9. The second kappa shape index (κ2) is 8.31. The van der Waals surface area contributed by atoms with E-state index in [-0.39, 0.29) is 0 Å². The fraction of sp³-hybridized carbons (Fsp3) is 0.500. The number of nitrogens with zero attached hydrogens (tertiary/aromatic N) is 4. The third kappa shape index (κ3) is 4.54. The summed E-state index contributed by atoms with van der Waals surface area (Å²) >= 11 is 12.1. The minimum Gasteiger partial charge on any atom is -0.355 e. The van der Waals surface area contributed by atoms with E-state index < -0.39 is 0 Å². The van der Waals surface area contributed by atoms with Crippen LogP contribution in [0.3, 0.4) is 0 Å². The zero-order valence-electron chi connectivity index (χ0n) is 15.5. The molecule has 1 aromatic carbocycles. The molecule has 2 fully saturated rings. The van der Waals surface area contributed by atoms with Crippen LogP contribution in [-0.2, 0) is 0 Å². The largest absolute Gasteiger partial charge is 0.355 e. The Bertz CT molecular complexity index is 774. The van der Waals surface area contributed by atoms with Gasteiger partial charge >= 0.3 is 0 Å². The summed E-state index contributed by atoms with van der Waals surface area (Å²) in [5.41, 5.74) is 1.73. The summed E-state index contributed by atoms with van der Waals surface area (Å²) in [6, 6.07) is 10.8. The highest BCUT2D eigenvalue weighted by Crippen LogP contribution is 2.28. The van der Waals surface area contributed by atoms with Crippen LogP contribution in [-0.4, -0.2) is 60.4 Å².